The van der Waals surface area contributed by atoms with Crippen molar-refractivity contribution >= 4 is 34.7 Å². The summed E-state index contributed by atoms with van der Waals surface area (Å²) in [7, 11) is 0. The molecule has 0 radical (unpaired) electrons. The lowest BCUT2D eigenvalue weighted by molar-refractivity contribution is 0.0993. The molecule has 0 bridgehead atoms. The van der Waals surface area contributed by atoms with Crippen LogP contribution >= 0.6 is 11.3 Å². The first-order chi connectivity index (χ1) is 13.4. The van der Waals surface area contributed by atoms with Crippen LogP contribution in [0.4, 0.5) is 5.69 Å². The van der Waals surface area contributed by atoms with E-state index in [0.29, 0.717) is 0 Å². The molecule has 3 amide bonds. The summed E-state index contributed by atoms with van der Waals surface area (Å²) in [6.07, 6.45) is 0.948. The SMILES string of the molecule is CCc1ccc(-c2nc(C(=O)Nc3cc(C(N)=O)cc(C(N)=O)c3)cs2)cc1. The van der Waals surface area contributed by atoms with Crippen molar-refractivity contribution in [3.05, 3.63) is 70.2 Å². The van der Waals surface area contributed by atoms with E-state index in [2.05, 4.69) is 17.2 Å². The van der Waals surface area contributed by atoms with Crippen molar-refractivity contribution in [1.82, 2.24) is 4.98 Å². The van der Waals surface area contributed by atoms with Crippen LogP contribution in [0.5, 0.6) is 0 Å². The molecule has 0 unspecified atom stereocenters. The maximum atomic E-state index is 12.5. The number of primary amides is 2. The lowest BCUT2D eigenvalue weighted by Gasteiger charge is -2.07. The van der Waals surface area contributed by atoms with Gasteiger partial charge in [0.25, 0.3) is 5.91 Å². The Bertz CT molecular complexity index is 1030. The number of benzene rings is 2. The number of aryl methyl sites for hydroxylation is 1. The molecule has 0 saturated heterocycles. The molecule has 0 spiro atoms. The number of nitrogens with zero attached hydrogens (tertiary/aromatic N) is 1. The highest BCUT2D eigenvalue weighted by Gasteiger charge is 2.15. The Labute approximate surface area is 165 Å². The molecule has 7 nitrogen and oxygen atoms in total. The van der Waals surface area contributed by atoms with Crippen LogP contribution in [0.3, 0.4) is 0 Å². The first-order valence-corrected chi connectivity index (χ1v) is 9.36. The number of thiazole rings is 1. The van der Waals surface area contributed by atoms with Gasteiger partial charge in [0, 0.05) is 27.8 Å². The fraction of sp³-hybridized carbons (Fsp3) is 0.100. The Balaban J connectivity index is 1.82. The summed E-state index contributed by atoms with van der Waals surface area (Å²) < 4.78 is 0. The van der Waals surface area contributed by atoms with Gasteiger partial charge >= 0.3 is 0 Å². The Morgan fingerprint density at radius 2 is 1.61 bits per heavy atom. The standard InChI is InChI=1S/C20H18N4O3S/c1-2-11-3-5-12(6-4-11)20-24-16(10-28-20)19(27)23-15-8-13(17(21)25)7-14(9-15)18(22)26/h3-10H,2H2,1H3,(H2,21,25)(H2,22,26)(H,23,27). The zero-order chi connectivity index (χ0) is 20.3. The van der Waals surface area contributed by atoms with Crippen LogP contribution in [0.2, 0.25) is 0 Å². The van der Waals surface area contributed by atoms with E-state index in [-0.39, 0.29) is 22.5 Å². The first-order valence-electron chi connectivity index (χ1n) is 8.48. The van der Waals surface area contributed by atoms with Crippen molar-refractivity contribution in [1.29, 1.82) is 0 Å². The molecule has 0 aliphatic heterocycles. The molecule has 5 N–H and O–H groups in total. The molecule has 142 valence electrons. The van der Waals surface area contributed by atoms with Gasteiger partial charge < -0.3 is 16.8 Å². The molecule has 2 aromatic carbocycles. The molecule has 0 aliphatic rings. The van der Waals surface area contributed by atoms with E-state index in [0.717, 1.165) is 17.0 Å². The van der Waals surface area contributed by atoms with Gasteiger partial charge in [-0.15, -0.1) is 11.3 Å². The average Bonchev–Trinajstić information content (AvgIpc) is 3.18. The molecule has 3 rings (SSSR count). The lowest BCUT2D eigenvalue weighted by Crippen LogP contribution is -2.18. The molecule has 0 fully saturated rings. The predicted octanol–water partition coefficient (Wildman–Crippen LogP) is 2.82. The number of nitrogens with one attached hydrogen (secondary N) is 1. The van der Waals surface area contributed by atoms with E-state index < -0.39 is 17.7 Å². The smallest absolute Gasteiger partial charge is 0.275 e. The Hall–Kier alpha value is -3.52. The summed E-state index contributed by atoms with van der Waals surface area (Å²) in [5.41, 5.74) is 13.3. The summed E-state index contributed by atoms with van der Waals surface area (Å²) >= 11 is 1.35. The average molecular weight is 394 g/mol. The van der Waals surface area contributed by atoms with Gasteiger partial charge in [0.1, 0.15) is 10.7 Å². The third kappa shape index (κ3) is 4.24. The lowest BCUT2D eigenvalue weighted by atomic mass is 10.1. The molecule has 0 atom stereocenters. The maximum Gasteiger partial charge on any atom is 0.275 e. The van der Waals surface area contributed by atoms with E-state index in [1.165, 1.54) is 35.1 Å². The molecular weight excluding hydrogens is 376 g/mol. The number of carbonyl (C=O) groups is 3. The third-order valence-corrected chi connectivity index (χ3v) is 5.00. The molecule has 1 heterocycles. The minimum absolute atomic E-state index is 0.0709. The normalized spacial score (nSPS) is 10.5. The first kappa shape index (κ1) is 19.2. The third-order valence-electron chi connectivity index (χ3n) is 4.11. The van der Waals surface area contributed by atoms with Crippen LogP contribution in [0.25, 0.3) is 10.6 Å². The largest absolute Gasteiger partial charge is 0.366 e. The molecular formula is C20H18N4O3S. The second-order valence-corrected chi connectivity index (χ2v) is 6.93. The van der Waals surface area contributed by atoms with Gasteiger partial charge in [-0.25, -0.2) is 4.98 Å². The van der Waals surface area contributed by atoms with Crippen LogP contribution in [-0.2, 0) is 6.42 Å². The maximum absolute atomic E-state index is 12.5. The number of aromatic nitrogens is 1. The highest BCUT2D eigenvalue weighted by Crippen LogP contribution is 2.25. The molecule has 28 heavy (non-hydrogen) atoms. The number of hydrogen-bond acceptors (Lipinski definition) is 5. The van der Waals surface area contributed by atoms with Gasteiger partial charge in [-0.3, -0.25) is 14.4 Å². The van der Waals surface area contributed by atoms with Crippen LogP contribution < -0.4 is 16.8 Å². The van der Waals surface area contributed by atoms with Crippen molar-refractivity contribution in [2.75, 3.05) is 5.32 Å². The van der Waals surface area contributed by atoms with Crippen LogP contribution in [-0.4, -0.2) is 22.7 Å². The fourth-order valence-corrected chi connectivity index (χ4v) is 3.38. The van der Waals surface area contributed by atoms with Crippen molar-refractivity contribution in [2.45, 2.75) is 13.3 Å². The molecule has 0 aliphatic carbocycles. The second-order valence-electron chi connectivity index (χ2n) is 6.07. The van der Waals surface area contributed by atoms with E-state index in [1.54, 1.807) is 5.38 Å². The summed E-state index contributed by atoms with van der Waals surface area (Å²) in [6, 6.07) is 12.0. The monoisotopic (exact) mass is 394 g/mol. The fourth-order valence-electron chi connectivity index (χ4n) is 2.57. The number of nitrogens with two attached hydrogens (primary N) is 2. The number of rotatable bonds is 6. The number of anilines is 1. The van der Waals surface area contributed by atoms with E-state index >= 15 is 0 Å². The highest BCUT2D eigenvalue weighted by atomic mass is 32.1. The van der Waals surface area contributed by atoms with E-state index in [9.17, 15) is 14.4 Å². The topological polar surface area (TPSA) is 128 Å². The Morgan fingerprint density at radius 3 is 2.14 bits per heavy atom. The van der Waals surface area contributed by atoms with E-state index in [4.69, 9.17) is 11.5 Å². The van der Waals surface area contributed by atoms with Crippen molar-refractivity contribution < 1.29 is 14.4 Å². The quantitative estimate of drug-likeness (QED) is 0.594. The zero-order valence-corrected chi connectivity index (χ0v) is 15.9. The summed E-state index contributed by atoms with van der Waals surface area (Å²) in [4.78, 5) is 39.8. The predicted molar refractivity (Wildman–Crippen MR) is 108 cm³/mol. The Kier molecular flexibility index (Phi) is 5.51. The number of amides is 3. The van der Waals surface area contributed by atoms with Gasteiger partial charge in [0.2, 0.25) is 11.8 Å². The van der Waals surface area contributed by atoms with Crippen molar-refractivity contribution in [3.8, 4) is 10.6 Å². The van der Waals surface area contributed by atoms with Crippen molar-refractivity contribution in [2.24, 2.45) is 11.5 Å². The molecule has 8 heteroatoms. The second kappa shape index (κ2) is 8.01. The van der Waals surface area contributed by atoms with Crippen LogP contribution in [0.15, 0.2) is 47.8 Å². The van der Waals surface area contributed by atoms with Gasteiger partial charge in [0.15, 0.2) is 0 Å². The van der Waals surface area contributed by atoms with Gasteiger partial charge in [0.05, 0.1) is 0 Å². The van der Waals surface area contributed by atoms with Crippen LogP contribution in [0.1, 0.15) is 43.7 Å². The minimum Gasteiger partial charge on any atom is -0.366 e. The van der Waals surface area contributed by atoms with Gasteiger partial charge in [-0.1, -0.05) is 31.2 Å². The minimum atomic E-state index is -0.731. The molecule has 1 aromatic heterocycles. The number of carbonyl (C=O) groups excluding carboxylic acids is 3. The van der Waals surface area contributed by atoms with Crippen LogP contribution in [0, 0.1) is 0 Å². The Morgan fingerprint density at radius 1 is 1.00 bits per heavy atom. The van der Waals surface area contributed by atoms with Gasteiger partial charge in [-0.05, 0) is 30.2 Å². The summed E-state index contributed by atoms with van der Waals surface area (Å²) in [6.45, 7) is 2.08. The van der Waals surface area contributed by atoms with Gasteiger partial charge in [-0.2, -0.15) is 0 Å². The summed E-state index contributed by atoms with van der Waals surface area (Å²) in [5, 5.41) is 4.98. The zero-order valence-electron chi connectivity index (χ0n) is 15.1. The van der Waals surface area contributed by atoms with Crippen molar-refractivity contribution in [3.63, 3.8) is 0 Å². The number of hydrogen-bond donors (Lipinski definition) is 3. The van der Waals surface area contributed by atoms with E-state index in [1.807, 2.05) is 24.3 Å². The molecule has 3 aromatic rings. The molecule has 0 saturated carbocycles. The highest BCUT2D eigenvalue weighted by molar-refractivity contribution is 7.13. The summed E-state index contributed by atoms with van der Waals surface area (Å²) in [5.74, 6) is -1.93.